The summed E-state index contributed by atoms with van der Waals surface area (Å²) in [5.41, 5.74) is 0.301. The summed E-state index contributed by atoms with van der Waals surface area (Å²) in [7, 11) is -3.79. The third-order valence-corrected chi connectivity index (χ3v) is 6.00. The van der Waals surface area contributed by atoms with E-state index in [0.717, 1.165) is 4.31 Å². The lowest BCUT2D eigenvalue weighted by atomic mass is 10.1. The Hall–Kier alpha value is -0.820. The molecule has 1 aromatic carbocycles. The molecule has 0 saturated carbocycles. The summed E-state index contributed by atoms with van der Waals surface area (Å²) in [6.07, 6.45) is 1.68. The van der Waals surface area contributed by atoms with Gasteiger partial charge in [0.15, 0.2) is 0 Å². The first-order valence-corrected chi connectivity index (χ1v) is 8.84. The number of hydrogen-bond acceptors (Lipinski definition) is 3. The second-order valence-corrected chi connectivity index (χ2v) is 7.65. The minimum atomic E-state index is -3.79. The molecule has 1 unspecified atom stereocenters. The standard InChI is InChI=1S/C13H15Cl2NO4S/c14-10-4-3-5-11(15)9(10)8-21(19,20)16-7-2-1-6-12(16)13(17)18/h3-5,12H,1-2,6-8H2,(H,17,18). The summed E-state index contributed by atoms with van der Waals surface area (Å²) in [5, 5.41) is 9.71. The number of hydrogen-bond donors (Lipinski definition) is 1. The van der Waals surface area contributed by atoms with Gasteiger partial charge in [-0.05, 0) is 31.4 Å². The number of carbonyl (C=O) groups is 1. The van der Waals surface area contributed by atoms with Gasteiger partial charge in [-0.1, -0.05) is 29.3 Å². The first-order chi connectivity index (χ1) is 9.83. The van der Waals surface area contributed by atoms with Crippen LogP contribution in [0.1, 0.15) is 24.8 Å². The van der Waals surface area contributed by atoms with Crippen molar-refractivity contribution < 1.29 is 18.3 Å². The molecule has 1 saturated heterocycles. The van der Waals surface area contributed by atoms with Crippen molar-refractivity contribution in [2.24, 2.45) is 0 Å². The highest BCUT2D eigenvalue weighted by molar-refractivity contribution is 7.88. The summed E-state index contributed by atoms with van der Waals surface area (Å²) in [6.45, 7) is 0.210. The summed E-state index contributed by atoms with van der Waals surface area (Å²) in [6, 6.07) is 3.73. The van der Waals surface area contributed by atoms with Gasteiger partial charge in [-0.25, -0.2) is 8.42 Å². The highest BCUT2D eigenvalue weighted by Gasteiger charge is 2.37. The van der Waals surface area contributed by atoms with E-state index >= 15 is 0 Å². The van der Waals surface area contributed by atoms with Crippen LogP contribution in [0.2, 0.25) is 10.0 Å². The quantitative estimate of drug-likeness (QED) is 0.904. The van der Waals surface area contributed by atoms with E-state index in [-0.39, 0.29) is 16.6 Å². The fraction of sp³-hybridized carbons (Fsp3) is 0.462. The molecule has 1 heterocycles. The highest BCUT2D eigenvalue weighted by Crippen LogP contribution is 2.29. The maximum absolute atomic E-state index is 12.5. The second-order valence-electron chi connectivity index (χ2n) is 4.92. The SMILES string of the molecule is O=C(O)C1CCCCN1S(=O)(=O)Cc1c(Cl)cccc1Cl. The van der Waals surface area contributed by atoms with Crippen LogP contribution >= 0.6 is 23.2 Å². The van der Waals surface area contributed by atoms with Crippen LogP contribution in [-0.2, 0) is 20.6 Å². The van der Waals surface area contributed by atoms with E-state index in [4.69, 9.17) is 23.2 Å². The van der Waals surface area contributed by atoms with Gasteiger partial charge in [0.2, 0.25) is 10.0 Å². The maximum Gasteiger partial charge on any atom is 0.322 e. The molecule has 5 nitrogen and oxygen atoms in total. The first-order valence-electron chi connectivity index (χ1n) is 6.48. The van der Waals surface area contributed by atoms with Gasteiger partial charge < -0.3 is 5.11 Å². The molecule has 1 atom stereocenters. The number of piperidine rings is 1. The van der Waals surface area contributed by atoms with Crippen molar-refractivity contribution in [3.63, 3.8) is 0 Å². The first kappa shape index (κ1) is 16.5. The molecule has 1 N–H and O–H groups in total. The molecule has 21 heavy (non-hydrogen) atoms. The Morgan fingerprint density at radius 3 is 2.48 bits per heavy atom. The zero-order chi connectivity index (χ0) is 15.6. The largest absolute Gasteiger partial charge is 0.480 e. The molecule has 1 aliphatic rings. The molecule has 0 radical (unpaired) electrons. The van der Waals surface area contributed by atoms with E-state index in [1.807, 2.05) is 0 Å². The van der Waals surface area contributed by atoms with Crippen molar-refractivity contribution in [2.45, 2.75) is 31.1 Å². The van der Waals surface area contributed by atoms with Gasteiger partial charge in [-0.3, -0.25) is 4.79 Å². The zero-order valence-electron chi connectivity index (χ0n) is 11.1. The van der Waals surface area contributed by atoms with E-state index in [1.165, 1.54) is 0 Å². The summed E-state index contributed by atoms with van der Waals surface area (Å²) >= 11 is 12.0. The molecule has 8 heteroatoms. The molecule has 0 aromatic heterocycles. The van der Waals surface area contributed by atoms with Crippen LogP contribution in [0, 0.1) is 0 Å². The summed E-state index contributed by atoms with van der Waals surface area (Å²) in [4.78, 5) is 11.2. The average Bonchev–Trinajstić information content (AvgIpc) is 2.43. The second kappa shape index (κ2) is 6.52. The normalized spacial score (nSPS) is 20.4. The van der Waals surface area contributed by atoms with Gasteiger partial charge in [-0.2, -0.15) is 4.31 Å². The molecule has 2 rings (SSSR count). The number of halogens is 2. The van der Waals surface area contributed by atoms with Crippen molar-refractivity contribution in [3.8, 4) is 0 Å². The van der Waals surface area contributed by atoms with Gasteiger partial charge in [0.05, 0.1) is 5.75 Å². The Kier molecular flexibility index (Phi) is 5.14. The number of carboxylic acid groups (broad SMARTS) is 1. The van der Waals surface area contributed by atoms with Gasteiger partial charge in [0.25, 0.3) is 0 Å². The van der Waals surface area contributed by atoms with Crippen LogP contribution in [0.5, 0.6) is 0 Å². The van der Waals surface area contributed by atoms with Crippen molar-refractivity contribution in [2.75, 3.05) is 6.54 Å². The predicted octanol–water partition coefficient (Wildman–Crippen LogP) is 2.76. The summed E-state index contributed by atoms with van der Waals surface area (Å²) in [5.74, 6) is -1.52. The summed E-state index contributed by atoms with van der Waals surface area (Å²) < 4.78 is 26.1. The van der Waals surface area contributed by atoms with Crippen LogP contribution in [0.4, 0.5) is 0 Å². The van der Waals surface area contributed by atoms with E-state index in [1.54, 1.807) is 18.2 Å². The molecule has 116 valence electrons. The van der Waals surface area contributed by atoms with E-state index in [9.17, 15) is 18.3 Å². The van der Waals surface area contributed by atoms with E-state index in [2.05, 4.69) is 0 Å². The van der Waals surface area contributed by atoms with Crippen LogP contribution in [-0.4, -0.2) is 36.4 Å². The van der Waals surface area contributed by atoms with Gasteiger partial charge in [0, 0.05) is 22.2 Å². The van der Waals surface area contributed by atoms with Crippen molar-refractivity contribution in [1.29, 1.82) is 0 Å². The number of carboxylic acids is 1. The fourth-order valence-corrected chi connectivity index (χ4v) is 4.94. The lowest BCUT2D eigenvalue weighted by Crippen LogP contribution is -2.48. The number of sulfonamides is 1. The smallest absolute Gasteiger partial charge is 0.322 e. The van der Waals surface area contributed by atoms with Crippen LogP contribution in [0.25, 0.3) is 0 Å². The molecule has 0 spiro atoms. The number of aliphatic carboxylic acids is 1. The topological polar surface area (TPSA) is 74.7 Å². The Morgan fingerprint density at radius 1 is 1.29 bits per heavy atom. The fourth-order valence-electron chi connectivity index (χ4n) is 2.42. The molecular weight excluding hydrogens is 337 g/mol. The average molecular weight is 352 g/mol. The van der Waals surface area contributed by atoms with Gasteiger partial charge in [0.1, 0.15) is 6.04 Å². The van der Waals surface area contributed by atoms with Crippen molar-refractivity contribution in [1.82, 2.24) is 4.31 Å². The molecule has 0 amide bonds. The molecule has 1 aromatic rings. The lowest BCUT2D eigenvalue weighted by molar-refractivity contribution is -0.142. The van der Waals surface area contributed by atoms with Crippen molar-refractivity contribution in [3.05, 3.63) is 33.8 Å². The monoisotopic (exact) mass is 351 g/mol. The Bertz CT molecular complexity index is 627. The van der Waals surface area contributed by atoms with Crippen molar-refractivity contribution >= 4 is 39.2 Å². The number of nitrogens with zero attached hydrogens (tertiary/aromatic N) is 1. The third kappa shape index (κ3) is 3.69. The molecule has 0 aliphatic carbocycles. The molecular formula is C13H15Cl2NO4S. The minimum absolute atomic E-state index is 0.210. The molecule has 0 bridgehead atoms. The zero-order valence-corrected chi connectivity index (χ0v) is 13.5. The lowest BCUT2D eigenvalue weighted by Gasteiger charge is -2.32. The highest BCUT2D eigenvalue weighted by atomic mass is 35.5. The van der Waals surface area contributed by atoms with Gasteiger partial charge >= 0.3 is 5.97 Å². The minimum Gasteiger partial charge on any atom is -0.480 e. The Balaban J connectivity index is 2.31. The van der Waals surface area contributed by atoms with Crippen LogP contribution in [0.15, 0.2) is 18.2 Å². The molecule has 1 aliphatic heterocycles. The van der Waals surface area contributed by atoms with E-state index < -0.39 is 27.8 Å². The molecule has 1 fully saturated rings. The van der Waals surface area contributed by atoms with E-state index in [0.29, 0.717) is 24.8 Å². The predicted molar refractivity (Wildman–Crippen MR) is 81.1 cm³/mol. The van der Waals surface area contributed by atoms with Gasteiger partial charge in [-0.15, -0.1) is 0 Å². The Morgan fingerprint density at radius 2 is 1.90 bits per heavy atom. The number of rotatable bonds is 4. The van der Waals surface area contributed by atoms with Crippen LogP contribution < -0.4 is 0 Å². The maximum atomic E-state index is 12.5. The third-order valence-electron chi connectivity index (χ3n) is 3.48. The Labute approximate surface area is 133 Å². The van der Waals surface area contributed by atoms with Crippen LogP contribution in [0.3, 0.4) is 0 Å². The number of benzene rings is 1.